The molecule has 0 aliphatic carbocycles. The third kappa shape index (κ3) is 2.08. The molecule has 1 aromatic carbocycles. The third-order valence-electron chi connectivity index (χ3n) is 2.48. The van der Waals surface area contributed by atoms with Gasteiger partial charge in [-0.15, -0.1) is 0 Å². The van der Waals surface area contributed by atoms with E-state index in [4.69, 9.17) is 5.73 Å². The second kappa shape index (κ2) is 4.13. The molecular weight excluding hydrogens is 209 g/mol. The average molecular weight is 221 g/mol. The zero-order valence-corrected chi connectivity index (χ0v) is 9.22. The Morgan fingerprint density at radius 2 is 2.13 bits per heavy atom. The zero-order chi connectivity index (χ0) is 10.8. The number of aryl methyl sites for hydroxylation is 1. The van der Waals surface area contributed by atoms with Crippen molar-refractivity contribution in [2.45, 2.75) is 13.0 Å². The lowest BCUT2D eigenvalue weighted by molar-refractivity contribution is 0.623. The maximum absolute atomic E-state index is 13.1. The molecule has 0 aliphatic rings. The molecule has 0 radical (unpaired) electrons. The van der Waals surface area contributed by atoms with Gasteiger partial charge >= 0.3 is 0 Å². The van der Waals surface area contributed by atoms with Gasteiger partial charge in [0.15, 0.2) is 0 Å². The van der Waals surface area contributed by atoms with E-state index in [9.17, 15) is 4.39 Å². The van der Waals surface area contributed by atoms with Gasteiger partial charge in [0.1, 0.15) is 5.82 Å². The molecule has 0 saturated heterocycles. The van der Waals surface area contributed by atoms with Gasteiger partial charge in [0, 0.05) is 0 Å². The van der Waals surface area contributed by atoms with E-state index in [2.05, 4.69) is 0 Å². The molecule has 2 N–H and O–H groups in total. The highest BCUT2D eigenvalue weighted by atomic mass is 32.1. The van der Waals surface area contributed by atoms with Crippen LogP contribution in [0.5, 0.6) is 0 Å². The minimum atomic E-state index is -0.235. The lowest BCUT2D eigenvalue weighted by Crippen LogP contribution is -2.12. The molecule has 0 bridgehead atoms. The molecule has 0 spiro atoms. The van der Waals surface area contributed by atoms with Crippen molar-refractivity contribution >= 4 is 11.3 Å². The van der Waals surface area contributed by atoms with E-state index in [1.165, 1.54) is 12.1 Å². The van der Waals surface area contributed by atoms with Crippen molar-refractivity contribution in [2.24, 2.45) is 5.73 Å². The number of halogens is 1. The quantitative estimate of drug-likeness (QED) is 0.827. The second-order valence-corrected chi connectivity index (χ2v) is 4.32. The van der Waals surface area contributed by atoms with Crippen molar-refractivity contribution in [1.82, 2.24) is 0 Å². The Bertz CT molecular complexity index is 451. The SMILES string of the molecule is Cc1ccc(F)cc1C(N)c1ccsc1. The highest BCUT2D eigenvalue weighted by Crippen LogP contribution is 2.24. The lowest BCUT2D eigenvalue weighted by Gasteiger charge is -2.13. The molecular formula is C12H12FNS. The van der Waals surface area contributed by atoms with Gasteiger partial charge < -0.3 is 5.73 Å². The Hall–Kier alpha value is -1.19. The first kappa shape index (κ1) is 10.3. The largest absolute Gasteiger partial charge is 0.320 e. The van der Waals surface area contributed by atoms with Gasteiger partial charge in [-0.05, 0) is 52.6 Å². The van der Waals surface area contributed by atoms with Crippen LogP contribution in [0.15, 0.2) is 35.0 Å². The molecule has 1 atom stereocenters. The first-order valence-electron chi connectivity index (χ1n) is 4.72. The van der Waals surface area contributed by atoms with Gasteiger partial charge in [-0.25, -0.2) is 4.39 Å². The third-order valence-corrected chi connectivity index (χ3v) is 3.18. The Labute approximate surface area is 92.4 Å². The highest BCUT2D eigenvalue weighted by Gasteiger charge is 2.12. The molecule has 0 aliphatic heterocycles. The van der Waals surface area contributed by atoms with Crippen molar-refractivity contribution in [1.29, 1.82) is 0 Å². The van der Waals surface area contributed by atoms with E-state index in [1.807, 2.05) is 23.8 Å². The van der Waals surface area contributed by atoms with E-state index < -0.39 is 0 Å². The van der Waals surface area contributed by atoms with E-state index >= 15 is 0 Å². The van der Waals surface area contributed by atoms with Gasteiger partial charge in [0.2, 0.25) is 0 Å². The van der Waals surface area contributed by atoms with Crippen LogP contribution >= 0.6 is 11.3 Å². The molecule has 1 unspecified atom stereocenters. The highest BCUT2D eigenvalue weighted by molar-refractivity contribution is 7.08. The molecule has 1 nitrogen and oxygen atoms in total. The first-order valence-corrected chi connectivity index (χ1v) is 5.66. The summed E-state index contributed by atoms with van der Waals surface area (Å²) in [6, 6.07) is 6.47. The Kier molecular flexibility index (Phi) is 2.84. The van der Waals surface area contributed by atoms with Crippen LogP contribution < -0.4 is 5.73 Å². The fourth-order valence-electron chi connectivity index (χ4n) is 1.58. The van der Waals surface area contributed by atoms with Gasteiger partial charge in [0.25, 0.3) is 0 Å². The second-order valence-electron chi connectivity index (χ2n) is 3.54. The molecule has 15 heavy (non-hydrogen) atoms. The summed E-state index contributed by atoms with van der Waals surface area (Å²) in [4.78, 5) is 0. The fraction of sp³-hybridized carbons (Fsp3) is 0.167. The molecule has 0 saturated carbocycles. The summed E-state index contributed by atoms with van der Waals surface area (Å²) in [5.41, 5.74) is 8.98. The van der Waals surface area contributed by atoms with Crippen LogP contribution in [0.2, 0.25) is 0 Å². The van der Waals surface area contributed by atoms with Crippen LogP contribution in [0.25, 0.3) is 0 Å². The maximum atomic E-state index is 13.1. The minimum absolute atomic E-state index is 0.230. The van der Waals surface area contributed by atoms with Crippen molar-refractivity contribution < 1.29 is 4.39 Å². The number of thiophene rings is 1. The minimum Gasteiger partial charge on any atom is -0.320 e. The number of hydrogen-bond donors (Lipinski definition) is 1. The topological polar surface area (TPSA) is 26.0 Å². The number of benzene rings is 1. The summed E-state index contributed by atoms with van der Waals surface area (Å²) >= 11 is 1.60. The molecule has 2 aromatic rings. The van der Waals surface area contributed by atoms with Gasteiger partial charge in [-0.1, -0.05) is 6.07 Å². The monoisotopic (exact) mass is 221 g/mol. The Balaban J connectivity index is 2.41. The molecule has 1 heterocycles. The molecule has 2 rings (SSSR count). The summed E-state index contributed by atoms with van der Waals surface area (Å²) in [5.74, 6) is -0.235. The van der Waals surface area contributed by atoms with Crippen LogP contribution in [0.3, 0.4) is 0 Å². The van der Waals surface area contributed by atoms with Crippen LogP contribution in [0.1, 0.15) is 22.7 Å². The Morgan fingerprint density at radius 1 is 1.33 bits per heavy atom. The smallest absolute Gasteiger partial charge is 0.123 e. The van der Waals surface area contributed by atoms with Crippen molar-refractivity contribution in [3.8, 4) is 0 Å². The number of rotatable bonds is 2. The summed E-state index contributed by atoms with van der Waals surface area (Å²) in [5, 5.41) is 3.97. The molecule has 78 valence electrons. The van der Waals surface area contributed by atoms with Gasteiger partial charge in [0.05, 0.1) is 6.04 Å². The van der Waals surface area contributed by atoms with Crippen molar-refractivity contribution in [2.75, 3.05) is 0 Å². The fourth-order valence-corrected chi connectivity index (χ4v) is 2.27. The van der Waals surface area contributed by atoms with E-state index in [-0.39, 0.29) is 11.9 Å². The lowest BCUT2D eigenvalue weighted by atomic mass is 9.98. The predicted molar refractivity (Wildman–Crippen MR) is 61.5 cm³/mol. The molecule has 3 heteroatoms. The molecule has 1 aromatic heterocycles. The first-order chi connectivity index (χ1) is 7.18. The maximum Gasteiger partial charge on any atom is 0.123 e. The average Bonchev–Trinajstić information content (AvgIpc) is 2.74. The number of hydrogen-bond acceptors (Lipinski definition) is 2. The van der Waals surface area contributed by atoms with Crippen LogP contribution in [0, 0.1) is 12.7 Å². The zero-order valence-electron chi connectivity index (χ0n) is 8.41. The van der Waals surface area contributed by atoms with E-state index in [0.29, 0.717) is 0 Å². The summed E-state index contributed by atoms with van der Waals surface area (Å²) < 4.78 is 13.1. The van der Waals surface area contributed by atoms with Gasteiger partial charge in [-0.3, -0.25) is 0 Å². The summed E-state index contributed by atoms with van der Waals surface area (Å²) in [6.45, 7) is 1.95. The molecule has 0 amide bonds. The van der Waals surface area contributed by atoms with Crippen LogP contribution in [0.4, 0.5) is 4.39 Å². The van der Waals surface area contributed by atoms with Crippen LogP contribution in [-0.4, -0.2) is 0 Å². The van der Waals surface area contributed by atoms with Gasteiger partial charge in [-0.2, -0.15) is 11.3 Å². The van der Waals surface area contributed by atoms with Crippen molar-refractivity contribution in [3.05, 3.63) is 57.5 Å². The summed E-state index contributed by atoms with van der Waals surface area (Å²) in [6.07, 6.45) is 0. The standard InChI is InChI=1S/C12H12FNS/c1-8-2-3-10(13)6-11(8)12(14)9-4-5-15-7-9/h2-7,12H,14H2,1H3. The summed E-state index contributed by atoms with van der Waals surface area (Å²) in [7, 11) is 0. The predicted octanol–water partition coefficient (Wildman–Crippen LogP) is 3.24. The molecule has 0 fully saturated rings. The normalized spacial score (nSPS) is 12.7. The van der Waals surface area contributed by atoms with E-state index in [1.54, 1.807) is 17.4 Å². The van der Waals surface area contributed by atoms with Crippen molar-refractivity contribution in [3.63, 3.8) is 0 Å². The Morgan fingerprint density at radius 3 is 2.80 bits per heavy atom. The van der Waals surface area contributed by atoms with Crippen LogP contribution in [-0.2, 0) is 0 Å². The number of nitrogens with two attached hydrogens (primary N) is 1. The van der Waals surface area contributed by atoms with E-state index in [0.717, 1.165) is 16.7 Å².